The minimum atomic E-state index is 0.0659. The van der Waals surface area contributed by atoms with Gasteiger partial charge in [-0.05, 0) is 5.10 Å². The van der Waals surface area contributed by atoms with Crippen LogP contribution in [0.4, 0.5) is 0 Å². The Bertz CT molecular complexity index is 181. The average molecular weight is 156 g/mol. The van der Waals surface area contributed by atoms with E-state index in [4.69, 9.17) is 11.4 Å². The fourth-order valence-electron chi connectivity index (χ4n) is 0.370. The summed E-state index contributed by atoms with van der Waals surface area (Å²) in [4.78, 5) is 0.813. The number of rotatable bonds is 3. The van der Waals surface area contributed by atoms with Gasteiger partial charge in [-0.2, -0.15) is 0 Å². The molecule has 0 bridgehead atoms. The summed E-state index contributed by atoms with van der Waals surface area (Å²) in [6.45, 7) is 6.95. The van der Waals surface area contributed by atoms with Crippen LogP contribution in [0.5, 0.6) is 0 Å². The van der Waals surface area contributed by atoms with E-state index in [0.717, 1.165) is 4.79 Å². The normalized spacial score (nSPS) is 11.4. The molecule has 11 heavy (non-hydrogen) atoms. The van der Waals surface area contributed by atoms with Crippen molar-refractivity contribution in [2.24, 2.45) is 22.0 Å². The zero-order chi connectivity index (χ0) is 8.85. The van der Waals surface area contributed by atoms with E-state index in [2.05, 4.69) is 22.5 Å². The van der Waals surface area contributed by atoms with Gasteiger partial charge in [0.2, 0.25) is 0 Å². The molecular weight excluding hydrogens is 144 g/mol. The Labute approximate surface area is 65.2 Å². The van der Waals surface area contributed by atoms with E-state index in [-0.39, 0.29) is 5.92 Å². The van der Waals surface area contributed by atoms with E-state index in [1.54, 1.807) is 0 Å². The van der Waals surface area contributed by atoms with Crippen molar-refractivity contribution in [2.75, 3.05) is 0 Å². The number of nitrogens with zero attached hydrogens (tertiary/aromatic N) is 4. The summed E-state index contributed by atoms with van der Waals surface area (Å²) in [5.74, 6) is 5.43. The summed E-state index contributed by atoms with van der Waals surface area (Å²) >= 11 is 0. The van der Waals surface area contributed by atoms with Gasteiger partial charge in [-0.1, -0.05) is 19.4 Å². The van der Waals surface area contributed by atoms with Crippen molar-refractivity contribution in [1.82, 2.24) is 0 Å². The number of hydrazone groups is 1. The van der Waals surface area contributed by atoms with Gasteiger partial charge in [0.25, 0.3) is 5.84 Å². The molecule has 0 aromatic rings. The standard InChI is InChI=1S/C5H12N6/c1-4(2)5(8-6)9-10-11(3)7/h4,6H,3H2,1-2H3,(H2,7,10). The highest BCUT2D eigenvalue weighted by Crippen LogP contribution is 2.00. The molecule has 6 nitrogen and oxygen atoms in total. The summed E-state index contributed by atoms with van der Waals surface area (Å²) in [6.07, 6.45) is 0. The predicted molar refractivity (Wildman–Crippen MR) is 42.3 cm³/mol. The molecule has 0 atom stereocenters. The van der Waals surface area contributed by atoms with Crippen LogP contribution in [0.3, 0.4) is 0 Å². The third-order valence-electron chi connectivity index (χ3n) is 0.893. The van der Waals surface area contributed by atoms with Gasteiger partial charge in [-0.3, -0.25) is 0 Å². The van der Waals surface area contributed by atoms with E-state index >= 15 is 0 Å². The summed E-state index contributed by atoms with van der Waals surface area (Å²) < 4.78 is 0. The van der Waals surface area contributed by atoms with E-state index in [1.807, 2.05) is 13.8 Å². The molecule has 6 heteroatoms. The molecule has 0 spiro atoms. The van der Waals surface area contributed by atoms with Gasteiger partial charge in [0.05, 0.1) is 6.72 Å². The number of nitrogens with two attached hydrogens (primary N) is 1. The second kappa shape index (κ2) is 4.37. The molecule has 0 unspecified atom stereocenters. The third-order valence-corrected chi connectivity index (χ3v) is 0.893. The molecule has 0 amide bonds. The number of hydrazine groups is 1. The molecule has 0 aliphatic carbocycles. The van der Waals surface area contributed by atoms with E-state index in [1.165, 1.54) is 0 Å². The summed E-state index contributed by atoms with van der Waals surface area (Å²) in [6, 6.07) is 0. The molecule has 0 rings (SSSR count). The minimum Gasteiger partial charge on any atom is -0.367 e. The molecule has 0 saturated heterocycles. The van der Waals surface area contributed by atoms with Crippen molar-refractivity contribution in [1.29, 1.82) is 5.53 Å². The first-order valence-electron chi connectivity index (χ1n) is 3.09. The highest BCUT2D eigenvalue weighted by molar-refractivity contribution is 5.84. The lowest BCUT2D eigenvalue weighted by atomic mass is 10.2. The molecule has 0 aliphatic heterocycles. The highest BCUT2D eigenvalue weighted by Gasteiger charge is 2.07. The SMILES string of the molecule is C=[N+](N)[N-]N=C(N=N)C(C)C. The number of hydrogen-bond donors (Lipinski definition) is 2. The smallest absolute Gasteiger partial charge is 0.266 e. The molecule has 0 aromatic heterocycles. The van der Waals surface area contributed by atoms with Crippen molar-refractivity contribution in [3.05, 3.63) is 5.53 Å². The molecule has 0 saturated carbocycles. The van der Waals surface area contributed by atoms with Gasteiger partial charge in [0.15, 0.2) is 0 Å². The van der Waals surface area contributed by atoms with Crippen LogP contribution >= 0.6 is 0 Å². The summed E-state index contributed by atoms with van der Waals surface area (Å²) in [7, 11) is 0. The fourth-order valence-corrected chi connectivity index (χ4v) is 0.370. The lowest BCUT2D eigenvalue weighted by Crippen LogP contribution is -2.12. The largest absolute Gasteiger partial charge is 0.367 e. The van der Waals surface area contributed by atoms with Crippen molar-refractivity contribution in [3.8, 4) is 0 Å². The molecule has 0 aromatic carbocycles. The van der Waals surface area contributed by atoms with Gasteiger partial charge in [-0.25, -0.2) is 10.3 Å². The number of nitrogens with one attached hydrogen (secondary N) is 1. The van der Waals surface area contributed by atoms with Gasteiger partial charge >= 0.3 is 0 Å². The molecule has 0 aliphatic rings. The van der Waals surface area contributed by atoms with Crippen LogP contribution < -0.4 is 5.84 Å². The number of amidine groups is 1. The molecule has 0 fully saturated rings. The zero-order valence-corrected chi connectivity index (χ0v) is 6.65. The van der Waals surface area contributed by atoms with Crippen molar-refractivity contribution >= 4 is 12.6 Å². The molecule has 0 heterocycles. The van der Waals surface area contributed by atoms with E-state index in [9.17, 15) is 0 Å². The first-order chi connectivity index (χ1) is 5.07. The van der Waals surface area contributed by atoms with Gasteiger partial charge in [-0.15, -0.1) is 5.11 Å². The first-order valence-corrected chi connectivity index (χ1v) is 3.09. The number of hydrogen-bond acceptors (Lipinski definition) is 3. The van der Waals surface area contributed by atoms with Crippen molar-refractivity contribution < 1.29 is 4.79 Å². The quantitative estimate of drug-likeness (QED) is 0.156. The van der Waals surface area contributed by atoms with Crippen LogP contribution in [0, 0.1) is 11.4 Å². The Balaban J connectivity index is 4.12. The van der Waals surface area contributed by atoms with Crippen LogP contribution in [0.1, 0.15) is 13.8 Å². The van der Waals surface area contributed by atoms with Crippen molar-refractivity contribution in [2.45, 2.75) is 13.8 Å². The Hall–Kier alpha value is -1.46. The maximum atomic E-state index is 6.69. The second-order valence-electron chi connectivity index (χ2n) is 2.25. The minimum absolute atomic E-state index is 0.0659. The topological polar surface area (TPSA) is 91.7 Å². The first kappa shape index (κ1) is 9.54. The monoisotopic (exact) mass is 156 g/mol. The van der Waals surface area contributed by atoms with Crippen molar-refractivity contribution in [3.63, 3.8) is 0 Å². The average Bonchev–Trinajstić information content (AvgIpc) is 1.87. The summed E-state index contributed by atoms with van der Waals surface area (Å²) in [5, 5.41) is 6.72. The van der Waals surface area contributed by atoms with Crippen LogP contribution in [-0.2, 0) is 0 Å². The Morgan fingerprint density at radius 3 is 2.55 bits per heavy atom. The Kier molecular flexibility index (Phi) is 3.79. The van der Waals surface area contributed by atoms with E-state index < -0.39 is 0 Å². The molecule has 3 N–H and O–H groups in total. The third kappa shape index (κ3) is 4.01. The highest BCUT2D eigenvalue weighted by atomic mass is 15.7. The Morgan fingerprint density at radius 1 is 1.73 bits per heavy atom. The predicted octanol–water partition coefficient (Wildman–Crippen LogP) is 0.862. The van der Waals surface area contributed by atoms with Gasteiger partial charge in [0, 0.05) is 5.92 Å². The molecule has 0 radical (unpaired) electrons. The fraction of sp³-hybridized carbons (Fsp3) is 0.600. The van der Waals surface area contributed by atoms with E-state index in [0.29, 0.717) is 5.84 Å². The maximum absolute atomic E-state index is 6.69. The molecule has 62 valence electrons. The Morgan fingerprint density at radius 2 is 2.27 bits per heavy atom. The maximum Gasteiger partial charge on any atom is 0.266 e. The van der Waals surface area contributed by atoms with Gasteiger partial charge in [0.1, 0.15) is 0 Å². The molecular formula is C5H12N6. The lowest BCUT2D eigenvalue weighted by Gasteiger charge is -1.99. The van der Waals surface area contributed by atoms with Crippen LogP contribution in [0.15, 0.2) is 10.2 Å². The zero-order valence-electron chi connectivity index (χ0n) is 6.65. The van der Waals surface area contributed by atoms with Crippen LogP contribution in [0.2, 0.25) is 0 Å². The lowest BCUT2D eigenvalue weighted by molar-refractivity contribution is -0.482. The summed E-state index contributed by atoms with van der Waals surface area (Å²) in [5.41, 5.74) is 10.1. The van der Waals surface area contributed by atoms with Crippen LogP contribution in [-0.4, -0.2) is 17.3 Å². The van der Waals surface area contributed by atoms with Crippen LogP contribution in [0.25, 0.3) is 5.53 Å². The second-order valence-corrected chi connectivity index (χ2v) is 2.25. The van der Waals surface area contributed by atoms with Gasteiger partial charge < -0.3 is 5.84 Å².